The molecule has 2 atom stereocenters. The van der Waals surface area contributed by atoms with Crippen molar-refractivity contribution < 1.29 is 12.8 Å². The predicted octanol–water partition coefficient (Wildman–Crippen LogP) is 2.68. The zero-order chi connectivity index (χ0) is 15.5. The monoisotopic (exact) mass is 333 g/mol. The molecule has 1 N–H and O–H groups in total. The Bertz CT molecular complexity index is 591. The number of hydrogen-bond donors (Lipinski definition) is 1. The van der Waals surface area contributed by atoms with Gasteiger partial charge in [-0.3, -0.25) is 0 Å². The van der Waals surface area contributed by atoms with Crippen molar-refractivity contribution in [3.8, 4) is 0 Å². The quantitative estimate of drug-likeness (QED) is 0.870. The third kappa shape index (κ3) is 4.66. The van der Waals surface area contributed by atoms with E-state index in [4.69, 9.17) is 11.6 Å². The van der Waals surface area contributed by atoms with Crippen LogP contribution in [0.5, 0.6) is 0 Å². The maximum Gasteiger partial charge on any atom is 0.150 e. The van der Waals surface area contributed by atoms with E-state index >= 15 is 0 Å². The first-order valence-electron chi connectivity index (χ1n) is 7.26. The lowest BCUT2D eigenvalue weighted by molar-refractivity contribution is 0.342. The highest BCUT2D eigenvalue weighted by Gasteiger charge is 2.33. The van der Waals surface area contributed by atoms with E-state index in [0.717, 1.165) is 6.54 Å². The van der Waals surface area contributed by atoms with Crippen LogP contribution < -0.4 is 5.32 Å². The van der Waals surface area contributed by atoms with E-state index in [2.05, 4.69) is 5.32 Å². The van der Waals surface area contributed by atoms with Gasteiger partial charge >= 0.3 is 0 Å². The zero-order valence-corrected chi connectivity index (χ0v) is 13.7. The summed E-state index contributed by atoms with van der Waals surface area (Å²) in [6.07, 6.45) is 1.18. The molecule has 0 amide bonds. The van der Waals surface area contributed by atoms with Gasteiger partial charge in [-0.2, -0.15) is 0 Å². The largest absolute Gasteiger partial charge is 0.317 e. The molecule has 1 aliphatic rings. The second-order valence-electron chi connectivity index (χ2n) is 5.67. The summed E-state index contributed by atoms with van der Waals surface area (Å²) in [6, 6.07) is 4.53. The van der Waals surface area contributed by atoms with Gasteiger partial charge in [-0.15, -0.1) is 0 Å². The molecule has 2 unspecified atom stereocenters. The number of hydrogen-bond acceptors (Lipinski definition) is 3. The fraction of sp³-hybridized carbons (Fsp3) is 0.600. The van der Waals surface area contributed by atoms with Crippen LogP contribution in [0.25, 0.3) is 0 Å². The van der Waals surface area contributed by atoms with Crippen molar-refractivity contribution in [1.29, 1.82) is 0 Å². The van der Waals surface area contributed by atoms with Crippen LogP contribution in [0.1, 0.15) is 18.9 Å². The number of nitrogens with one attached hydrogen (secondary N) is 1. The van der Waals surface area contributed by atoms with Gasteiger partial charge in [-0.1, -0.05) is 18.5 Å². The topological polar surface area (TPSA) is 46.2 Å². The summed E-state index contributed by atoms with van der Waals surface area (Å²) in [4.78, 5) is 0. The summed E-state index contributed by atoms with van der Waals surface area (Å²) in [6.45, 7) is 3.51. The second kappa shape index (κ2) is 7.07. The lowest BCUT2D eigenvalue weighted by Crippen LogP contribution is -2.30. The van der Waals surface area contributed by atoms with Crippen molar-refractivity contribution in [3.05, 3.63) is 34.6 Å². The molecule has 0 radical (unpaired) electrons. The van der Waals surface area contributed by atoms with Crippen LogP contribution in [0.15, 0.2) is 18.2 Å². The molecule has 1 fully saturated rings. The first-order valence-corrected chi connectivity index (χ1v) is 9.46. The van der Waals surface area contributed by atoms with Gasteiger partial charge in [0.25, 0.3) is 0 Å². The molecular weight excluding hydrogens is 313 g/mol. The minimum Gasteiger partial charge on any atom is -0.317 e. The highest BCUT2D eigenvalue weighted by molar-refractivity contribution is 7.91. The van der Waals surface area contributed by atoms with E-state index in [1.807, 2.05) is 6.92 Å². The third-order valence-corrected chi connectivity index (χ3v) is 6.11. The van der Waals surface area contributed by atoms with Crippen molar-refractivity contribution in [2.24, 2.45) is 11.8 Å². The molecule has 6 heteroatoms. The molecular formula is C15H21ClFNO2S. The van der Waals surface area contributed by atoms with Crippen molar-refractivity contribution in [3.63, 3.8) is 0 Å². The van der Waals surface area contributed by atoms with Gasteiger partial charge in [0, 0.05) is 5.02 Å². The van der Waals surface area contributed by atoms with Crippen LogP contribution in [0.4, 0.5) is 4.39 Å². The predicted molar refractivity (Wildman–Crippen MR) is 83.9 cm³/mol. The van der Waals surface area contributed by atoms with E-state index in [9.17, 15) is 12.8 Å². The summed E-state index contributed by atoms with van der Waals surface area (Å²) >= 11 is 5.93. The van der Waals surface area contributed by atoms with E-state index < -0.39 is 9.84 Å². The van der Waals surface area contributed by atoms with Crippen molar-refractivity contribution in [2.75, 3.05) is 24.6 Å². The van der Waals surface area contributed by atoms with Crippen LogP contribution >= 0.6 is 11.6 Å². The molecule has 118 valence electrons. The van der Waals surface area contributed by atoms with Gasteiger partial charge in [0.15, 0.2) is 9.84 Å². The maximum absolute atomic E-state index is 13.9. The Hall–Kier alpha value is -0.650. The highest BCUT2D eigenvalue weighted by atomic mass is 35.5. The molecule has 0 saturated carbocycles. The van der Waals surface area contributed by atoms with Gasteiger partial charge in [0.05, 0.1) is 11.5 Å². The smallest absolute Gasteiger partial charge is 0.150 e. The average Bonchev–Trinajstić information content (AvgIpc) is 2.78. The van der Waals surface area contributed by atoms with Gasteiger partial charge in [0.2, 0.25) is 0 Å². The van der Waals surface area contributed by atoms with Crippen molar-refractivity contribution >= 4 is 21.4 Å². The van der Waals surface area contributed by atoms with Crippen LogP contribution in [-0.2, 0) is 16.3 Å². The molecule has 21 heavy (non-hydrogen) atoms. The van der Waals surface area contributed by atoms with E-state index in [-0.39, 0.29) is 29.2 Å². The second-order valence-corrected chi connectivity index (χ2v) is 8.34. The Kier molecular flexibility index (Phi) is 5.63. The Labute approximate surface area is 130 Å². The average molecular weight is 334 g/mol. The first kappa shape index (κ1) is 16.7. The fourth-order valence-corrected chi connectivity index (χ4v) is 5.03. The molecule has 1 aliphatic heterocycles. The Morgan fingerprint density at radius 2 is 2.24 bits per heavy atom. The van der Waals surface area contributed by atoms with Gasteiger partial charge in [-0.05, 0) is 61.5 Å². The van der Waals surface area contributed by atoms with Crippen LogP contribution in [0.2, 0.25) is 5.02 Å². The summed E-state index contributed by atoms with van der Waals surface area (Å²) in [5.41, 5.74) is 0.565. The molecule has 0 aromatic heterocycles. The minimum absolute atomic E-state index is 0.0902. The van der Waals surface area contributed by atoms with Crippen LogP contribution in [0.3, 0.4) is 0 Å². The van der Waals surface area contributed by atoms with E-state index in [1.165, 1.54) is 12.1 Å². The minimum atomic E-state index is -2.92. The number of sulfone groups is 1. The number of rotatable bonds is 6. The normalized spacial score (nSPS) is 22.3. The fourth-order valence-electron chi connectivity index (χ4n) is 2.91. The lowest BCUT2D eigenvalue weighted by Gasteiger charge is -2.23. The molecule has 1 aromatic carbocycles. The molecule has 0 spiro atoms. The van der Waals surface area contributed by atoms with Crippen LogP contribution in [0, 0.1) is 17.7 Å². The summed E-state index contributed by atoms with van der Waals surface area (Å²) < 4.78 is 37.2. The molecule has 3 nitrogen and oxygen atoms in total. The van der Waals surface area contributed by atoms with Crippen LogP contribution in [-0.4, -0.2) is 33.0 Å². The third-order valence-electron chi connectivity index (χ3n) is 4.08. The number of benzene rings is 1. The molecule has 1 saturated heterocycles. The molecule has 1 heterocycles. The standard InChI is InChI=1S/C15H21ClFNO2S/c1-2-18-9-13(11-5-6-21(19,20)10-11)7-12-8-14(16)3-4-15(12)17/h3-4,8,11,13,18H,2,5-7,9-10H2,1H3. The molecule has 1 aromatic rings. The number of halogens is 2. The Balaban J connectivity index is 2.14. The summed E-state index contributed by atoms with van der Waals surface area (Å²) in [5, 5.41) is 3.76. The highest BCUT2D eigenvalue weighted by Crippen LogP contribution is 2.29. The van der Waals surface area contributed by atoms with Crippen molar-refractivity contribution in [2.45, 2.75) is 19.8 Å². The molecule has 0 bridgehead atoms. The van der Waals surface area contributed by atoms with Gasteiger partial charge in [0.1, 0.15) is 5.82 Å². The maximum atomic E-state index is 13.9. The zero-order valence-electron chi connectivity index (χ0n) is 12.1. The van der Waals surface area contributed by atoms with E-state index in [1.54, 1.807) is 6.07 Å². The molecule has 2 rings (SSSR count). The Morgan fingerprint density at radius 1 is 1.48 bits per heavy atom. The van der Waals surface area contributed by atoms with Crippen molar-refractivity contribution in [1.82, 2.24) is 5.32 Å². The molecule has 0 aliphatic carbocycles. The summed E-state index contributed by atoms with van der Waals surface area (Å²) in [5.74, 6) is 0.383. The van der Waals surface area contributed by atoms with Gasteiger partial charge in [-0.25, -0.2) is 12.8 Å². The lowest BCUT2D eigenvalue weighted by atomic mass is 9.86. The van der Waals surface area contributed by atoms with E-state index in [0.29, 0.717) is 30.0 Å². The summed E-state index contributed by atoms with van der Waals surface area (Å²) in [7, 11) is -2.92. The Morgan fingerprint density at radius 3 is 2.86 bits per heavy atom. The SMILES string of the molecule is CCNCC(Cc1cc(Cl)ccc1F)C1CCS(=O)(=O)C1. The first-order chi connectivity index (χ1) is 9.91. The van der Waals surface area contributed by atoms with Gasteiger partial charge < -0.3 is 5.32 Å².